The summed E-state index contributed by atoms with van der Waals surface area (Å²) in [4.78, 5) is 26.7. The van der Waals surface area contributed by atoms with E-state index >= 15 is 0 Å². The van der Waals surface area contributed by atoms with E-state index in [0.29, 0.717) is 22.8 Å². The molecule has 140 valence electrons. The minimum Gasteiger partial charge on any atom is -0.325 e. The zero-order valence-corrected chi connectivity index (χ0v) is 15.3. The second-order valence-electron chi connectivity index (χ2n) is 6.42. The Morgan fingerprint density at radius 2 is 1.28 bits per heavy atom. The molecule has 2 N–H and O–H groups in total. The first kappa shape index (κ1) is 16.9. The Kier molecular flexibility index (Phi) is 4.10. The molecular weight excluding hydrogens is 364 g/mol. The van der Waals surface area contributed by atoms with E-state index in [1.165, 1.54) is 4.40 Å². The number of benzene rings is 3. The fourth-order valence-electron chi connectivity index (χ4n) is 3.10. The summed E-state index contributed by atoms with van der Waals surface area (Å²) in [5.41, 5.74) is 2.01. The van der Waals surface area contributed by atoms with Crippen molar-refractivity contribution in [3.05, 3.63) is 95.3 Å². The Labute approximate surface area is 165 Å². The van der Waals surface area contributed by atoms with E-state index in [1.54, 1.807) is 12.1 Å². The highest BCUT2D eigenvalue weighted by Gasteiger charge is 2.14. The second-order valence-corrected chi connectivity index (χ2v) is 6.42. The lowest BCUT2D eigenvalue weighted by atomic mass is 10.2. The lowest BCUT2D eigenvalue weighted by molar-refractivity contribution is 0.970. The van der Waals surface area contributed by atoms with Crippen molar-refractivity contribution in [1.82, 2.24) is 19.4 Å². The van der Waals surface area contributed by atoms with Gasteiger partial charge in [-0.15, -0.1) is 0 Å². The number of rotatable bonds is 4. The fraction of sp³-hybridized carbons (Fsp3) is 0. The van der Waals surface area contributed by atoms with Crippen LogP contribution in [-0.2, 0) is 0 Å². The van der Waals surface area contributed by atoms with Gasteiger partial charge in [-0.05, 0) is 36.4 Å². The topological polar surface area (TPSA) is 84.2 Å². The normalized spacial score (nSPS) is 10.9. The van der Waals surface area contributed by atoms with Crippen molar-refractivity contribution in [2.45, 2.75) is 0 Å². The molecule has 0 unspecified atom stereocenters. The summed E-state index contributed by atoms with van der Waals surface area (Å²) in [6.07, 6.45) is 0. The average molecular weight is 380 g/mol. The molecule has 0 saturated carbocycles. The lowest BCUT2D eigenvalue weighted by Crippen LogP contribution is -2.21. The third-order valence-corrected chi connectivity index (χ3v) is 4.45. The molecule has 0 fully saturated rings. The van der Waals surface area contributed by atoms with Gasteiger partial charge in [0.25, 0.3) is 5.56 Å². The number of para-hydroxylation sites is 3. The molecular formula is C22H16N6O. The van der Waals surface area contributed by atoms with Crippen LogP contribution >= 0.6 is 0 Å². The van der Waals surface area contributed by atoms with Gasteiger partial charge in [0, 0.05) is 11.4 Å². The number of nitrogens with one attached hydrogen (secondary N) is 2. The number of hydrogen-bond donors (Lipinski definition) is 2. The maximum Gasteiger partial charge on any atom is 0.269 e. The van der Waals surface area contributed by atoms with Crippen LogP contribution in [-0.4, -0.2) is 19.4 Å². The molecule has 0 aliphatic heterocycles. The standard InChI is InChI=1S/C22H16N6O/c29-19-17-13-7-8-14-18(17)25-22-27-20(23-15-9-3-1-4-10-15)26-21(28(19)22)24-16-11-5-2-6-12-16/h1-14H,(H2,23,24,25,26,27). The third-order valence-electron chi connectivity index (χ3n) is 4.45. The van der Waals surface area contributed by atoms with Crippen LogP contribution in [0.2, 0.25) is 0 Å². The molecule has 0 amide bonds. The zero-order valence-electron chi connectivity index (χ0n) is 15.3. The van der Waals surface area contributed by atoms with Crippen molar-refractivity contribution in [2.24, 2.45) is 0 Å². The second kappa shape index (κ2) is 7.05. The van der Waals surface area contributed by atoms with Crippen LogP contribution in [0.15, 0.2) is 89.7 Å². The number of aromatic nitrogens is 4. The van der Waals surface area contributed by atoms with Crippen LogP contribution in [0.4, 0.5) is 23.3 Å². The number of nitrogens with zero attached hydrogens (tertiary/aromatic N) is 4. The van der Waals surface area contributed by atoms with E-state index in [1.807, 2.05) is 72.8 Å². The first-order chi connectivity index (χ1) is 14.3. The Morgan fingerprint density at radius 3 is 2.00 bits per heavy atom. The number of hydrogen-bond acceptors (Lipinski definition) is 6. The van der Waals surface area contributed by atoms with Gasteiger partial charge >= 0.3 is 0 Å². The van der Waals surface area contributed by atoms with Crippen molar-refractivity contribution in [1.29, 1.82) is 0 Å². The molecule has 29 heavy (non-hydrogen) atoms. The van der Waals surface area contributed by atoms with Crippen LogP contribution in [0.5, 0.6) is 0 Å². The molecule has 5 aromatic rings. The van der Waals surface area contributed by atoms with Crippen LogP contribution in [0.1, 0.15) is 0 Å². The summed E-state index contributed by atoms with van der Waals surface area (Å²) in [5, 5.41) is 6.89. The van der Waals surface area contributed by atoms with Gasteiger partial charge in [0.05, 0.1) is 10.9 Å². The monoisotopic (exact) mass is 380 g/mol. The Bertz CT molecular complexity index is 1370. The highest BCUT2D eigenvalue weighted by Crippen LogP contribution is 2.19. The van der Waals surface area contributed by atoms with Crippen LogP contribution in [0.3, 0.4) is 0 Å². The van der Waals surface area contributed by atoms with Crippen molar-refractivity contribution in [3.63, 3.8) is 0 Å². The first-order valence-electron chi connectivity index (χ1n) is 9.12. The Hall–Kier alpha value is -4.26. The molecule has 0 atom stereocenters. The largest absolute Gasteiger partial charge is 0.325 e. The third kappa shape index (κ3) is 3.25. The van der Waals surface area contributed by atoms with Gasteiger partial charge in [0.2, 0.25) is 17.7 Å². The highest BCUT2D eigenvalue weighted by molar-refractivity contribution is 5.79. The van der Waals surface area contributed by atoms with E-state index in [9.17, 15) is 4.79 Å². The van der Waals surface area contributed by atoms with Gasteiger partial charge in [-0.1, -0.05) is 48.5 Å². The van der Waals surface area contributed by atoms with Gasteiger partial charge in [0.1, 0.15) is 0 Å². The smallest absolute Gasteiger partial charge is 0.269 e. The van der Waals surface area contributed by atoms with Crippen LogP contribution < -0.4 is 16.2 Å². The molecule has 2 aromatic heterocycles. The quantitative estimate of drug-likeness (QED) is 0.456. The molecule has 5 rings (SSSR count). The SMILES string of the molecule is O=c1c2ccccc2nc2nc(Nc3ccccc3)nc(Nc3ccccc3)n12. The van der Waals surface area contributed by atoms with Gasteiger partial charge < -0.3 is 10.6 Å². The molecule has 0 spiro atoms. The van der Waals surface area contributed by atoms with Gasteiger partial charge in [0.15, 0.2) is 0 Å². The van der Waals surface area contributed by atoms with E-state index in [-0.39, 0.29) is 11.3 Å². The van der Waals surface area contributed by atoms with Crippen LogP contribution in [0, 0.1) is 0 Å². The summed E-state index contributed by atoms with van der Waals surface area (Å²) in [7, 11) is 0. The highest BCUT2D eigenvalue weighted by atomic mass is 16.1. The fourth-order valence-corrected chi connectivity index (χ4v) is 3.10. The minimum atomic E-state index is -0.227. The van der Waals surface area contributed by atoms with E-state index < -0.39 is 0 Å². The average Bonchev–Trinajstić information content (AvgIpc) is 2.75. The minimum absolute atomic E-state index is 0.227. The predicted octanol–water partition coefficient (Wildman–Crippen LogP) is 4.12. The molecule has 0 aliphatic rings. The van der Waals surface area contributed by atoms with Gasteiger partial charge in [-0.25, -0.2) is 9.38 Å². The maximum absolute atomic E-state index is 13.2. The van der Waals surface area contributed by atoms with Crippen molar-refractivity contribution in [2.75, 3.05) is 10.6 Å². The van der Waals surface area contributed by atoms with Crippen molar-refractivity contribution in [3.8, 4) is 0 Å². The predicted molar refractivity (Wildman–Crippen MR) is 114 cm³/mol. The van der Waals surface area contributed by atoms with Crippen molar-refractivity contribution >= 4 is 40.0 Å². The molecule has 0 radical (unpaired) electrons. The maximum atomic E-state index is 13.2. The molecule has 2 heterocycles. The zero-order chi connectivity index (χ0) is 19.6. The number of fused-ring (bicyclic) bond motifs is 2. The number of anilines is 4. The van der Waals surface area contributed by atoms with E-state index in [0.717, 1.165) is 11.4 Å². The summed E-state index contributed by atoms with van der Waals surface area (Å²) in [6.45, 7) is 0. The van der Waals surface area contributed by atoms with Gasteiger partial charge in [-0.2, -0.15) is 9.97 Å². The molecule has 7 heteroatoms. The molecule has 3 aromatic carbocycles. The van der Waals surface area contributed by atoms with E-state index in [2.05, 4.69) is 25.6 Å². The summed E-state index contributed by atoms with van der Waals surface area (Å²) in [6, 6.07) is 26.3. The summed E-state index contributed by atoms with van der Waals surface area (Å²) < 4.78 is 1.39. The summed E-state index contributed by atoms with van der Waals surface area (Å²) >= 11 is 0. The molecule has 0 aliphatic carbocycles. The molecule has 0 saturated heterocycles. The Balaban J connectivity index is 1.73. The first-order valence-corrected chi connectivity index (χ1v) is 9.12. The summed E-state index contributed by atoms with van der Waals surface area (Å²) in [5.74, 6) is 0.945. The molecule has 0 bridgehead atoms. The Morgan fingerprint density at radius 1 is 0.655 bits per heavy atom. The van der Waals surface area contributed by atoms with Crippen LogP contribution in [0.25, 0.3) is 16.7 Å². The van der Waals surface area contributed by atoms with E-state index in [4.69, 9.17) is 0 Å². The van der Waals surface area contributed by atoms with Crippen molar-refractivity contribution < 1.29 is 0 Å². The lowest BCUT2D eigenvalue weighted by Gasteiger charge is -2.13. The molecule has 7 nitrogen and oxygen atoms in total. The van der Waals surface area contributed by atoms with Gasteiger partial charge in [-0.3, -0.25) is 4.79 Å².